The maximum absolute atomic E-state index is 13.4. The average Bonchev–Trinajstić information content (AvgIpc) is 2.44. The zero-order valence-electron chi connectivity index (χ0n) is 12.7. The van der Waals surface area contributed by atoms with Gasteiger partial charge in [-0.15, -0.1) is 0 Å². The Labute approximate surface area is 126 Å². The van der Waals surface area contributed by atoms with E-state index in [1.807, 2.05) is 17.8 Å². The summed E-state index contributed by atoms with van der Waals surface area (Å²) in [6.45, 7) is 7.96. The lowest BCUT2D eigenvalue weighted by molar-refractivity contribution is 0.310. The van der Waals surface area contributed by atoms with Crippen molar-refractivity contribution in [2.24, 2.45) is 0 Å². The summed E-state index contributed by atoms with van der Waals surface area (Å²) in [6, 6.07) is 4.99. The predicted octanol–water partition coefficient (Wildman–Crippen LogP) is 4.41. The molecule has 0 aliphatic carbocycles. The van der Waals surface area contributed by atoms with E-state index in [1.54, 1.807) is 0 Å². The normalized spacial score (nSPS) is 12.4. The molecule has 2 nitrogen and oxygen atoms in total. The summed E-state index contributed by atoms with van der Waals surface area (Å²) in [4.78, 5) is 0. The van der Waals surface area contributed by atoms with E-state index in [0.717, 1.165) is 36.5 Å². The summed E-state index contributed by atoms with van der Waals surface area (Å²) in [5, 5.41) is 3.41. The predicted molar refractivity (Wildman–Crippen MR) is 86.2 cm³/mol. The van der Waals surface area contributed by atoms with E-state index in [1.165, 1.54) is 12.1 Å². The molecule has 1 aromatic carbocycles. The van der Waals surface area contributed by atoms with Crippen LogP contribution in [0.2, 0.25) is 0 Å². The molecule has 1 aromatic rings. The molecular formula is C16H26FNOS. The minimum Gasteiger partial charge on any atom is -0.493 e. The first kappa shape index (κ1) is 17.3. The van der Waals surface area contributed by atoms with Crippen LogP contribution in [0.15, 0.2) is 18.2 Å². The van der Waals surface area contributed by atoms with Crippen LogP contribution in [0.4, 0.5) is 4.39 Å². The molecule has 0 radical (unpaired) electrons. The van der Waals surface area contributed by atoms with Crippen LogP contribution >= 0.6 is 11.8 Å². The highest BCUT2D eigenvalue weighted by Crippen LogP contribution is 2.26. The monoisotopic (exact) mass is 299 g/mol. The van der Waals surface area contributed by atoms with E-state index in [2.05, 4.69) is 26.1 Å². The molecule has 0 aromatic heterocycles. The Bertz CT molecular complexity index is 387. The second-order valence-corrected chi connectivity index (χ2v) is 6.15. The molecular weight excluding hydrogens is 273 g/mol. The number of ether oxygens (including phenoxy) is 1. The van der Waals surface area contributed by atoms with Crippen molar-refractivity contribution in [3.63, 3.8) is 0 Å². The van der Waals surface area contributed by atoms with Crippen molar-refractivity contribution in [1.82, 2.24) is 5.32 Å². The second kappa shape index (κ2) is 10.1. The number of hydrogen-bond donors (Lipinski definition) is 1. The Morgan fingerprint density at radius 3 is 2.85 bits per heavy atom. The first-order valence-electron chi connectivity index (χ1n) is 7.42. The molecule has 0 bridgehead atoms. The molecule has 0 heterocycles. The highest BCUT2D eigenvalue weighted by molar-refractivity contribution is 7.99. The maximum Gasteiger partial charge on any atom is 0.126 e. The lowest BCUT2D eigenvalue weighted by Crippen LogP contribution is -2.20. The lowest BCUT2D eigenvalue weighted by atomic mass is 10.1. The average molecular weight is 299 g/mol. The molecule has 0 aliphatic heterocycles. The Kier molecular flexibility index (Phi) is 8.70. The van der Waals surface area contributed by atoms with Crippen molar-refractivity contribution in [2.45, 2.75) is 39.7 Å². The van der Waals surface area contributed by atoms with Gasteiger partial charge in [0.1, 0.15) is 11.6 Å². The molecule has 0 saturated carbocycles. The molecule has 1 rings (SSSR count). The quantitative estimate of drug-likeness (QED) is 0.647. The molecule has 1 unspecified atom stereocenters. The fourth-order valence-electron chi connectivity index (χ4n) is 1.95. The molecule has 1 atom stereocenters. The van der Waals surface area contributed by atoms with Crippen LogP contribution in [0, 0.1) is 5.82 Å². The van der Waals surface area contributed by atoms with E-state index < -0.39 is 0 Å². The molecule has 20 heavy (non-hydrogen) atoms. The summed E-state index contributed by atoms with van der Waals surface area (Å²) < 4.78 is 19.2. The summed E-state index contributed by atoms with van der Waals surface area (Å²) in [6.07, 6.45) is 2.07. The van der Waals surface area contributed by atoms with E-state index in [9.17, 15) is 4.39 Å². The first-order chi connectivity index (χ1) is 9.69. The zero-order valence-corrected chi connectivity index (χ0v) is 13.6. The van der Waals surface area contributed by atoms with Gasteiger partial charge in [0.05, 0.1) is 6.61 Å². The molecule has 114 valence electrons. The van der Waals surface area contributed by atoms with Crippen molar-refractivity contribution in [3.05, 3.63) is 29.6 Å². The summed E-state index contributed by atoms with van der Waals surface area (Å²) in [5.41, 5.74) is 1.03. The minimum atomic E-state index is -0.241. The fourth-order valence-corrected chi connectivity index (χ4v) is 2.56. The molecule has 1 N–H and O–H groups in total. The lowest BCUT2D eigenvalue weighted by Gasteiger charge is -2.18. The highest BCUT2D eigenvalue weighted by atomic mass is 32.2. The molecule has 0 spiro atoms. The van der Waals surface area contributed by atoms with Gasteiger partial charge in [-0.3, -0.25) is 0 Å². The Morgan fingerprint density at radius 2 is 2.15 bits per heavy atom. The number of thioether (sulfide) groups is 1. The smallest absolute Gasteiger partial charge is 0.126 e. The van der Waals surface area contributed by atoms with Gasteiger partial charge in [-0.05, 0) is 43.9 Å². The third-order valence-corrected chi connectivity index (χ3v) is 4.02. The molecule has 0 amide bonds. The van der Waals surface area contributed by atoms with Gasteiger partial charge in [0.2, 0.25) is 0 Å². The van der Waals surface area contributed by atoms with Gasteiger partial charge in [-0.1, -0.05) is 19.9 Å². The number of halogens is 1. The van der Waals surface area contributed by atoms with Crippen molar-refractivity contribution in [2.75, 3.05) is 24.7 Å². The third-order valence-electron chi connectivity index (χ3n) is 3.04. The van der Waals surface area contributed by atoms with Crippen LogP contribution < -0.4 is 10.1 Å². The minimum absolute atomic E-state index is 0.176. The van der Waals surface area contributed by atoms with Gasteiger partial charge >= 0.3 is 0 Å². The van der Waals surface area contributed by atoms with Crippen molar-refractivity contribution < 1.29 is 9.13 Å². The molecule has 4 heteroatoms. The van der Waals surface area contributed by atoms with E-state index in [4.69, 9.17) is 4.74 Å². The first-order valence-corrected chi connectivity index (χ1v) is 8.57. The Balaban J connectivity index is 2.60. The third kappa shape index (κ3) is 6.14. The zero-order chi connectivity index (χ0) is 14.8. The van der Waals surface area contributed by atoms with Gasteiger partial charge in [0.25, 0.3) is 0 Å². The van der Waals surface area contributed by atoms with Crippen LogP contribution in [0.3, 0.4) is 0 Å². The Morgan fingerprint density at radius 1 is 1.35 bits per heavy atom. The molecule has 0 saturated heterocycles. The van der Waals surface area contributed by atoms with E-state index in [-0.39, 0.29) is 11.9 Å². The topological polar surface area (TPSA) is 21.3 Å². The van der Waals surface area contributed by atoms with Gasteiger partial charge in [0, 0.05) is 17.7 Å². The van der Waals surface area contributed by atoms with E-state index in [0.29, 0.717) is 12.4 Å². The highest BCUT2D eigenvalue weighted by Gasteiger charge is 2.12. The van der Waals surface area contributed by atoms with Crippen molar-refractivity contribution >= 4 is 11.8 Å². The van der Waals surface area contributed by atoms with Crippen LogP contribution in [-0.4, -0.2) is 24.7 Å². The SMILES string of the molecule is CCCNC(C)c1ccc(F)cc1OCCCSCC. The van der Waals surface area contributed by atoms with E-state index >= 15 is 0 Å². The van der Waals surface area contributed by atoms with Crippen LogP contribution in [-0.2, 0) is 0 Å². The van der Waals surface area contributed by atoms with Gasteiger partial charge in [0.15, 0.2) is 0 Å². The van der Waals surface area contributed by atoms with Crippen LogP contribution in [0.5, 0.6) is 5.75 Å². The van der Waals surface area contributed by atoms with Gasteiger partial charge < -0.3 is 10.1 Å². The number of rotatable bonds is 10. The summed E-state index contributed by atoms with van der Waals surface area (Å²) in [7, 11) is 0. The fraction of sp³-hybridized carbons (Fsp3) is 0.625. The van der Waals surface area contributed by atoms with Gasteiger partial charge in [-0.25, -0.2) is 4.39 Å². The maximum atomic E-state index is 13.4. The second-order valence-electron chi connectivity index (χ2n) is 4.76. The number of hydrogen-bond acceptors (Lipinski definition) is 3. The van der Waals surface area contributed by atoms with Crippen molar-refractivity contribution in [3.8, 4) is 5.75 Å². The number of benzene rings is 1. The van der Waals surface area contributed by atoms with Crippen LogP contribution in [0.25, 0.3) is 0 Å². The number of nitrogens with one attached hydrogen (secondary N) is 1. The molecule has 0 aliphatic rings. The standard InChI is InChI=1S/C16H26FNOS/c1-4-9-18-13(3)15-8-7-14(17)12-16(15)19-10-6-11-20-5-2/h7-8,12-13,18H,4-6,9-11H2,1-3H3. The van der Waals surface area contributed by atoms with Crippen molar-refractivity contribution in [1.29, 1.82) is 0 Å². The Hall–Kier alpha value is -0.740. The largest absolute Gasteiger partial charge is 0.493 e. The summed E-state index contributed by atoms with van der Waals surface area (Å²) in [5.74, 6) is 2.64. The molecule has 0 fully saturated rings. The van der Waals surface area contributed by atoms with Gasteiger partial charge in [-0.2, -0.15) is 11.8 Å². The summed E-state index contributed by atoms with van der Waals surface area (Å²) >= 11 is 1.90. The van der Waals surface area contributed by atoms with Crippen LogP contribution in [0.1, 0.15) is 45.2 Å².